The molecule has 0 radical (unpaired) electrons. The lowest BCUT2D eigenvalue weighted by molar-refractivity contribution is -0.143. The number of methoxy groups -OCH3 is 1. The Hall–Kier alpha value is -1.88. The molecule has 0 N–H and O–H groups in total. The van der Waals surface area contributed by atoms with Gasteiger partial charge in [0.2, 0.25) is 0 Å². The molecule has 0 aromatic heterocycles. The molecule has 2 aliphatic heterocycles. The van der Waals surface area contributed by atoms with E-state index in [0.717, 1.165) is 5.57 Å². The quantitative estimate of drug-likeness (QED) is 0.418. The predicted octanol–water partition coefficient (Wildman–Crippen LogP) is 1.69. The third-order valence-corrected chi connectivity index (χ3v) is 4.34. The summed E-state index contributed by atoms with van der Waals surface area (Å²) in [5.74, 6) is -1.11. The first kappa shape index (κ1) is 14.1. The van der Waals surface area contributed by atoms with Crippen LogP contribution >= 0.6 is 0 Å². The van der Waals surface area contributed by atoms with Crippen molar-refractivity contribution in [3.05, 3.63) is 35.5 Å². The van der Waals surface area contributed by atoms with E-state index < -0.39 is 12.1 Å². The molecule has 5 heteroatoms. The van der Waals surface area contributed by atoms with Crippen LogP contribution in [0.1, 0.15) is 19.8 Å². The maximum Gasteiger partial charge on any atom is 0.337 e. The summed E-state index contributed by atoms with van der Waals surface area (Å²) < 4.78 is 16.2. The van der Waals surface area contributed by atoms with Gasteiger partial charge in [-0.1, -0.05) is 18.2 Å². The molecular weight excluding hydrogens is 272 g/mol. The number of esters is 2. The molecule has 1 fully saturated rings. The van der Waals surface area contributed by atoms with E-state index in [4.69, 9.17) is 14.2 Å². The highest BCUT2D eigenvalue weighted by Crippen LogP contribution is 2.39. The number of carbonyl (C=O) groups excluding carboxylic acids is 2. The van der Waals surface area contributed by atoms with Gasteiger partial charge >= 0.3 is 11.9 Å². The second-order valence-electron chi connectivity index (χ2n) is 5.70. The molecular formula is C16H18O5. The summed E-state index contributed by atoms with van der Waals surface area (Å²) in [4.78, 5) is 23.9. The standard InChI is InChI=1S/C16H18O5/c1-8-4-5-11(19-3)10-7-13(21-16(10)18)14-9(2)15(17)20-12(14)6-8/h4,7,11-14H,2,5-6H2,1,3H3/b8-4+/t11-,12-,13+,14-/m0/s1. The fraction of sp³-hybridized carbons (Fsp3) is 0.500. The summed E-state index contributed by atoms with van der Waals surface area (Å²) in [5, 5.41) is 0. The van der Waals surface area contributed by atoms with Crippen LogP contribution in [0.4, 0.5) is 0 Å². The predicted molar refractivity (Wildman–Crippen MR) is 74.3 cm³/mol. The zero-order chi connectivity index (χ0) is 15.1. The van der Waals surface area contributed by atoms with Crippen molar-refractivity contribution in [2.45, 2.75) is 38.1 Å². The van der Waals surface area contributed by atoms with Crippen LogP contribution in [-0.2, 0) is 23.8 Å². The Morgan fingerprint density at radius 1 is 1.29 bits per heavy atom. The van der Waals surface area contributed by atoms with Crippen molar-refractivity contribution in [2.24, 2.45) is 5.92 Å². The van der Waals surface area contributed by atoms with Crippen molar-refractivity contribution < 1.29 is 23.8 Å². The van der Waals surface area contributed by atoms with E-state index in [-0.39, 0.29) is 24.1 Å². The van der Waals surface area contributed by atoms with Gasteiger partial charge < -0.3 is 14.2 Å². The van der Waals surface area contributed by atoms with Crippen LogP contribution in [0.15, 0.2) is 35.5 Å². The van der Waals surface area contributed by atoms with Gasteiger partial charge in [-0.05, 0) is 19.4 Å². The van der Waals surface area contributed by atoms with Gasteiger partial charge in [0.1, 0.15) is 12.2 Å². The molecule has 21 heavy (non-hydrogen) atoms. The van der Waals surface area contributed by atoms with Crippen molar-refractivity contribution in [3.8, 4) is 0 Å². The second-order valence-corrected chi connectivity index (χ2v) is 5.70. The van der Waals surface area contributed by atoms with Crippen LogP contribution in [0.2, 0.25) is 0 Å². The first-order chi connectivity index (χ1) is 10.0. The molecule has 4 atom stereocenters. The summed E-state index contributed by atoms with van der Waals surface area (Å²) in [6.45, 7) is 5.79. The van der Waals surface area contributed by atoms with Crippen LogP contribution in [0, 0.1) is 5.92 Å². The number of rotatable bonds is 1. The Bertz CT molecular complexity index is 571. The maximum absolute atomic E-state index is 12.1. The van der Waals surface area contributed by atoms with E-state index in [2.05, 4.69) is 6.58 Å². The third kappa shape index (κ3) is 2.31. The molecule has 1 aliphatic carbocycles. The zero-order valence-corrected chi connectivity index (χ0v) is 12.1. The molecule has 1 saturated heterocycles. The van der Waals surface area contributed by atoms with E-state index >= 15 is 0 Å². The van der Waals surface area contributed by atoms with Crippen LogP contribution in [-0.4, -0.2) is 37.4 Å². The highest BCUT2D eigenvalue weighted by Gasteiger charge is 2.47. The summed E-state index contributed by atoms with van der Waals surface area (Å²) in [7, 11) is 1.57. The Morgan fingerprint density at radius 3 is 2.76 bits per heavy atom. The lowest BCUT2D eigenvalue weighted by Gasteiger charge is -2.22. The number of carbonyl (C=O) groups is 2. The lowest BCUT2D eigenvalue weighted by atomic mass is 9.86. The summed E-state index contributed by atoms with van der Waals surface area (Å²) in [6.07, 6.45) is 3.85. The van der Waals surface area contributed by atoms with E-state index in [1.54, 1.807) is 13.2 Å². The SMILES string of the molecule is C=C1C(=O)O[C@H]2C/C(C)=C/C[C@H](OC)C3=C[C@@H](OC3=O)[C@@H]12. The minimum atomic E-state index is -0.500. The van der Waals surface area contributed by atoms with E-state index in [9.17, 15) is 9.59 Å². The highest BCUT2D eigenvalue weighted by atomic mass is 16.6. The number of ether oxygens (including phenoxy) is 3. The van der Waals surface area contributed by atoms with Gasteiger partial charge in [0.15, 0.2) is 0 Å². The molecule has 0 saturated carbocycles. The fourth-order valence-electron chi connectivity index (χ4n) is 3.17. The smallest absolute Gasteiger partial charge is 0.337 e. The summed E-state index contributed by atoms with van der Waals surface area (Å²) in [6, 6.07) is 0. The maximum atomic E-state index is 12.1. The Balaban J connectivity index is 2.01. The van der Waals surface area contributed by atoms with Crippen LogP contribution in [0.25, 0.3) is 0 Å². The Labute approximate surface area is 123 Å². The zero-order valence-electron chi connectivity index (χ0n) is 12.1. The molecule has 0 unspecified atom stereocenters. The van der Waals surface area contributed by atoms with Gasteiger partial charge in [0, 0.05) is 19.1 Å². The highest BCUT2D eigenvalue weighted by molar-refractivity contribution is 5.94. The van der Waals surface area contributed by atoms with Crippen molar-refractivity contribution in [1.29, 1.82) is 0 Å². The number of hydrogen-bond acceptors (Lipinski definition) is 5. The summed E-state index contributed by atoms with van der Waals surface area (Å²) >= 11 is 0. The van der Waals surface area contributed by atoms with Crippen molar-refractivity contribution in [3.63, 3.8) is 0 Å². The van der Waals surface area contributed by atoms with E-state index in [1.165, 1.54) is 0 Å². The second kappa shape index (κ2) is 5.15. The van der Waals surface area contributed by atoms with Crippen LogP contribution in [0.3, 0.4) is 0 Å². The van der Waals surface area contributed by atoms with E-state index in [1.807, 2.05) is 13.0 Å². The van der Waals surface area contributed by atoms with Crippen molar-refractivity contribution >= 4 is 11.9 Å². The van der Waals surface area contributed by atoms with Gasteiger partial charge in [-0.15, -0.1) is 0 Å². The van der Waals surface area contributed by atoms with Gasteiger partial charge in [-0.25, -0.2) is 9.59 Å². The van der Waals surface area contributed by atoms with Crippen molar-refractivity contribution in [1.82, 2.24) is 0 Å². The molecule has 112 valence electrons. The molecule has 3 aliphatic rings. The molecule has 2 heterocycles. The third-order valence-electron chi connectivity index (χ3n) is 4.34. The van der Waals surface area contributed by atoms with Gasteiger partial charge in [-0.2, -0.15) is 0 Å². The normalized spacial score (nSPS) is 38.1. The number of hydrogen-bond donors (Lipinski definition) is 0. The largest absolute Gasteiger partial charge is 0.458 e. The Kier molecular flexibility index (Phi) is 3.45. The first-order valence-electron chi connectivity index (χ1n) is 7.02. The van der Waals surface area contributed by atoms with Gasteiger partial charge in [-0.3, -0.25) is 0 Å². The minimum absolute atomic E-state index is 0.319. The lowest BCUT2D eigenvalue weighted by Crippen LogP contribution is -2.29. The molecule has 5 nitrogen and oxygen atoms in total. The van der Waals surface area contributed by atoms with Crippen LogP contribution < -0.4 is 0 Å². The number of fused-ring (bicyclic) bond motifs is 3. The van der Waals surface area contributed by atoms with Crippen LogP contribution in [0.5, 0.6) is 0 Å². The molecule has 2 bridgehead atoms. The Morgan fingerprint density at radius 2 is 2.05 bits per heavy atom. The average Bonchev–Trinajstić information content (AvgIpc) is 2.92. The van der Waals surface area contributed by atoms with Crippen molar-refractivity contribution in [2.75, 3.05) is 7.11 Å². The molecule has 0 aromatic rings. The summed E-state index contributed by atoms with van der Waals surface area (Å²) in [5.41, 5.74) is 1.99. The van der Waals surface area contributed by atoms with Gasteiger partial charge in [0.25, 0.3) is 0 Å². The molecule has 0 aromatic carbocycles. The topological polar surface area (TPSA) is 61.8 Å². The fourth-order valence-corrected chi connectivity index (χ4v) is 3.17. The molecule has 3 rings (SSSR count). The van der Waals surface area contributed by atoms with Gasteiger partial charge in [0.05, 0.1) is 17.6 Å². The average molecular weight is 290 g/mol. The molecule has 0 amide bonds. The molecule has 0 spiro atoms. The van der Waals surface area contributed by atoms with E-state index in [0.29, 0.717) is 24.0 Å². The minimum Gasteiger partial charge on any atom is -0.458 e. The monoisotopic (exact) mass is 290 g/mol. The first-order valence-corrected chi connectivity index (χ1v) is 7.02.